The highest BCUT2D eigenvalue weighted by molar-refractivity contribution is 5.94. The number of hydrogen-bond donors (Lipinski definition) is 0. The van der Waals surface area contributed by atoms with Crippen molar-refractivity contribution in [2.45, 2.75) is 6.42 Å². The first-order chi connectivity index (χ1) is 9.18. The lowest BCUT2D eigenvalue weighted by Gasteiger charge is -2.17. The van der Waals surface area contributed by atoms with Gasteiger partial charge < -0.3 is 4.90 Å². The Kier molecular flexibility index (Phi) is 4.29. The third-order valence-corrected chi connectivity index (χ3v) is 3.03. The van der Waals surface area contributed by atoms with Gasteiger partial charge in [-0.1, -0.05) is 42.5 Å². The Labute approximate surface area is 112 Å². The molecular weight excluding hydrogens is 241 g/mol. The van der Waals surface area contributed by atoms with Crippen LogP contribution in [0.25, 0.3) is 0 Å². The predicted octanol–water partition coefficient (Wildman–Crippen LogP) is 3.14. The number of carbonyl (C=O) groups excluding carboxylic acids is 1. The summed E-state index contributed by atoms with van der Waals surface area (Å²) >= 11 is 0. The Morgan fingerprint density at radius 1 is 1.05 bits per heavy atom. The zero-order valence-electron chi connectivity index (χ0n) is 10.8. The van der Waals surface area contributed by atoms with Crippen molar-refractivity contribution in [2.75, 3.05) is 13.6 Å². The molecule has 3 heteroatoms. The van der Waals surface area contributed by atoms with Crippen LogP contribution in [0.4, 0.5) is 4.39 Å². The Balaban J connectivity index is 1.99. The number of amides is 1. The van der Waals surface area contributed by atoms with E-state index in [4.69, 9.17) is 0 Å². The maximum Gasteiger partial charge on any atom is 0.256 e. The summed E-state index contributed by atoms with van der Waals surface area (Å²) in [6.45, 7) is 0.567. The molecule has 0 aliphatic rings. The minimum atomic E-state index is -0.473. The first kappa shape index (κ1) is 13.3. The maximum absolute atomic E-state index is 13.5. The van der Waals surface area contributed by atoms with Crippen molar-refractivity contribution in [1.82, 2.24) is 4.90 Å². The fraction of sp³-hybridized carbons (Fsp3) is 0.188. The maximum atomic E-state index is 13.5. The summed E-state index contributed by atoms with van der Waals surface area (Å²) in [5.41, 5.74) is 1.29. The first-order valence-corrected chi connectivity index (χ1v) is 6.22. The molecule has 0 saturated carbocycles. The van der Waals surface area contributed by atoms with Crippen LogP contribution in [0.15, 0.2) is 54.6 Å². The minimum absolute atomic E-state index is 0.123. The SMILES string of the molecule is CN(CCc1ccccc1)C(=O)c1ccccc1F. The van der Waals surface area contributed by atoms with Crippen molar-refractivity contribution < 1.29 is 9.18 Å². The van der Waals surface area contributed by atoms with E-state index in [1.807, 2.05) is 30.3 Å². The predicted molar refractivity (Wildman–Crippen MR) is 73.5 cm³/mol. The molecular formula is C16H16FNO. The molecule has 0 saturated heterocycles. The van der Waals surface area contributed by atoms with Gasteiger partial charge in [-0.2, -0.15) is 0 Å². The molecule has 0 aliphatic heterocycles. The Bertz CT molecular complexity index is 554. The summed E-state index contributed by atoms with van der Waals surface area (Å²) in [4.78, 5) is 13.6. The molecule has 2 rings (SSSR count). The van der Waals surface area contributed by atoms with Crippen LogP contribution in [-0.2, 0) is 6.42 Å². The molecule has 0 spiro atoms. The lowest BCUT2D eigenvalue weighted by Crippen LogP contribution is -2.29. The lowest BCUT2D eigenvalue weighted by atomic mass is 10.1. The molecule has 1 amide bonds. The van der Waals surface area contributed by atoms with Gasteiger partial charge in [0.25, 0.3) is 5.91 Å². The van der Waals surface area contributed by atoms with Crippen LogP contribution in [0.3, 0.4) is 0 Å². The summed E-state index contributed by atoms with van der Waals surface area (Å²) in [6, 6.07) is 16.0. The highest BCUT2D eigenvalue weighted by Gasteiger charge is 2.15. The normalized spacial score (nSPS) is 10.2. The molecule has 0 atom stereocenters. The average molecular weight is 257 g/mol. The van der Waals surface area contributed by atoms with Gasteiger partial charge in [-0.15, -0.1) is 0 Å². The van der Waals surface area contributed by atoms with Crippen molar-refractivity contribution in [2.24, 2.45) is 0 Å². The second-order valence-corrected chi connectivity index (χ2v) is 4.44. The minimum Gasteiger partial charge on any atom is -0.341 e. The van der Waals surface area contributed by atoms with Crippen LogP contribution in [0, 0.1) is 5.82 Å². The van der Waals surface area contributed by atoms with E-state index in [2.05, 4.69) is 0 Å². The van der Waals surface area contributed by atoms with E-state index >= 15 is 0 Å². The van der Waals surface area contributed by atoms with E-state index in [0.717, 1.165) is 12.0 Å². The van der Waals surface area contributed by atoms with Gasteiger partial charge in [-0.3, -0.25) is 4.79 Å². The van der Waals surface area contributed by atoms with Crippen LogP contribution in [0.1, 0.15) is 15.9 Å². The monoisotopic (exact) mass is 257 g/mol. The number of likely N-dealkylation sites (N-methyl/N-ethyl adjacent to an activating group) is 1. The molecule has 98 valence electrons. The summed E-state index contributed by atoms with van der Waals surface area (Å²) in [5, 5.41) is 0. The number of nitrogens with zero attached hydrogens (tertiary/aromatic N) is 1. The third kappa shape index (κ3) is 3.41. The van der Waals surface area contributed by atoms with Crippen LogP contribution in [-0.4, -0.2) is 24.4 Å². The molecule has 19 heavy (non-hydrogen) atoms. The van der Waals surface area contributed by atoms with E-state index in [1.165, 1.54) is 12.1 Å². The molecule has 2 aromatic carbocycles. The quantitative estimate of drug-likeness (QED) is 0.824. The topological polar surface area (TPSA) is 20.3 Å². The van der Waals surface area contributed by atoms with Gasteiger partial charge >= 0.3 is 0 Å². The molecule has 0 bridgehead atoms. The Hall–Kier alpha value is -2.16. The molecule has 0 fully saturated rings. The largest absolute Gasteiger partial charge is 0.341 e. The molecule has 0 aliphatic carbocycles. The zero-order chi connectivity index (χ0) is 13.7. The second kappa shape index (κ2) is 6.14. The van der Waals surface area contributed by atoms with Gasteiger partial charge in [0.1, 0.15) is 5.82 Å². The number of halogens is 1. The zero-order valence-corrected chi connectivity index (χ0v) is 10.8. The first-order valence-electron chi connectivity index (χ1n) is 6.22. The van der Waals surface area contributed by atoms with E-state index in [0.29, 0.717) is 6.54 Å². The Morgan fingerprint density at radius 3 is 2.37 bits per heavy atom. The van der Waals surface area contributed by atoms with Crippen LogP contribution in [0.5, 0.6) is 0 Å². The number of rotatable bonds is 4. The lowest BCUT2D eigenvalue weighted by molar-refractivity contribution is 0.0792. The molecule has 0 N–H and O–H groups in total. The second-order valence-electron chi connectivity index (χ2n) is 4.44. The van der Waals surface area contributed by atoms with Gasteiger partial charge in [-0.05, 0) is 24.1 Å². The summed E-state index contributed by atoms with van der Waals surface area (Å²) in [5.74, 6) is -0.756. The van der Waals surface area contributed by atoms with Crippen molar-refractivity contribution >= 4 is 5.91 Å². The van der Waals surface area contributed by atoms with Gasteiger partial charge in [0.2, 0.25) is 0 Å². The standard InChI is InChI=1S/C16H16FNO/c1-18(12-11-13-7-3-2-4-8-13)16(19)14-9-5-6-10-15(14)17/h2-10H,11-12H2,1H3. The average Bonchev–Trinajstić information content (AvgIpc) is 2.45. The molecule has 0 heterocycles. The van der Waals surface area contributed by atoms with E-state index < -0.39 is 5.82 Å². The van der Waals surface area contributed by atoms with Crippen LogP contribution >= 0.6 is 0 Å². The number of hydrogen-bond acceptors (Lipinski definition) is 1. The van der Waals surface area contributed by atoms with Crippen molar-refractivity contribution in [3.8, 4) is 0 Å². The smallest absolute Gasteiger partial charge is 0.256 e. The highest BCUT2D eigenvalue weighted by Crippen LogP contribution is 2.10. The number of carbonyl (C=O) groups is 1. The van der Waals surface area contributed by atoms with Gasteiger partial charge in [0.05, 0.1) is 5.56 Å². The molecule has 0 unspecified atom stereocenters. The Morgan fingerprint density at radius 2 is 1.68 bits per heavy atom. The van der Waals surface area contributed by atoms with Gasteiger partial charge in [-0.25, -0.2) is 4.39 Å². The summed E-state index contributed by atoms with van der Waals surface area (Å²) < 4.78 is 13.5. The van der Waals surface area contributed by atoms with Gasteiger partial charge in [0.15, 0.2) is 0 Å². The van der Waals surface area contributed by atoms with E-state index in [-0.39, 0.29) is 11.5 Å². The van der Waals surface area contributed by atoms with E-state index in [9.17, 15) is 9.18 Å². The van der Waals surface area contributed by atoms with Crippen molar-refractivity contribution in [3.63, 3.8) is 0 Å². The fourth-order valence-electron chi connectivity index (χ4n) is 1.88. The molecule has 0 radical (unpaired) electrons. The van der Waals surface area contributed by atoms with Crippen molar-refractivity contribution in [3.05, 3.63) is 71.5 Å². The molecule has 2 nitrogen and oxygen atoms in total. The fourth-order valence-corrected chi connectivity index (χ4v) is 1.88. The van der Waals surface area contributed by atoms with Crippen LogP contribution < -0.4 is 0 Å². The van der Waals surface area contributed by atoms with E-state index in [1.54, 1.807) is 24.1 Å². The van der Waals surface area contributed by atoms with Crippen molar-refractivity contribution in [1.29, 1.82) is 0 Å². The number of benzene rings is 2. The summed E-state index contributed by atoms with van der Waals surface area (Å²) in [7, 11) is 1.69. The third-order valence-electron chi connectivity index (χ3n) is 3.03. The molecule has 2 aromatic rings. The summed E-state index contributed by atoms with van der Waals surface area (Å²) in [6.07, 6.45) is 0.761. The van der Waals surface area contributed by atoms with Crippen LogP contribution in [0.2, 0.25) is 0 Å². The van der Waals surface area contributed by atoms with Gasteiger partial charge in [0, 0.05) is 13.6 Å². The molecule has 0 aromatic heterocycles. The highest BCUT2D eigenvalue weighted by atomic mass is 19.1.